The van der Waals surface area contributed by atoms with Gasteiger partial charge in [-0.15, -0.1) is 5.10 Å². The van der Waals surface area contributed by atoms with Gasteiger partial charge >= 0.3 is 0 Å². The summed E-state index contributed by atoms with van der Waals surface area (Å²) in [6.45, 7) is 4.86. The Balaban J connectivity index is 2.21. The van der Waals surface area contributed by atoms with Gasteiger partial charge in [-0.1, -0.05) is 13.8 Å². The van der Waals surface area contributed by atoms with Crippen LogP contribution in [-0.4, -0.2) is 26.2 Å². The van der Waals surface area contributed by atoms with Crippen LogP contribution in [0.4, 0.5) is 0 Å². The van der Waals surface area contributed by atoms with Crippen LogP contribution in [0.2, 0.25) is 0 Å². The summed E-state index contributed by atoms with van der Waals surface area (Å²) in [6.07, 6.45) is 0. The predicted molar refractivity (Wildman–Crippen MR) is 73.8 cm³/mol. The van der Waals surface area contributed by atoms with Crippen LogP contribution in [0.15, 0.2) is 24.3 Å². The molecule has 2 rings (SSSR count). The Morgan fingerprint density at radius 2 is 2.00 bits per heavy atom. The molecule has 0 radical (unpaired) electrons. The van der Waals surface area contributed by atoms with Crippen LogP contribution in [0.25, 0.3) is 5.69 Å². The minimum Gasteiger partial charge on any atom is -0.308 e. The molecule has 5 nitrogen and oxygen atoms in total. The van der Waals surface area contributed by atoms with Crippen LogP contribution in [0.1, 0.15) is 19.7 Å². The van der Waals surface area contributed by atoms with Gasteiger partial charge in [-0.05, 0) is 57.3 Å². The fourth-order valence-corrected chi connectivity index (χ4v) is 1.75. The van der Waals surface area contributed by atoms with E-state index in [-0.39, 0.29) is 0 Å². The Hall–Kier alpha value is -1.02. The van der Waals surface area contributed by atoms with Crippen molar-refractivity contribution in [1.82, 2.24) is 25.5 Å². The molecule has 0 atom stereocenters. The van der Waals surface area contributed by atoms with Crippen molar-refractivity contribution in [1.29, 1.82) is 0 Å². The SMILES string of the molecule is CC(C)NCc1nnnn1-c1ccc(I)cc1. The molecule has 6 heteroatoms. The lowest BCUT2D eigenvalue weighted by atomic mass is 10.3. The van der Waals surface area contributed by atoms with Crippen molar-refractivity contribution in [2.45, 2.75) is 26.4 Å². The van der Waals surface area contributed by atoms with Crippen molar-refractivity contribution in [3.63, 3.8) is 0 Å². The first-order chi connectivity index (χ1) is 8.16. The van der Waals surface area contributed by atoms with E-state index in [4.69, 9.17) is 0 Å². The molecule has 0 aliphatic rings. The molecule has 0 saturated heterocycles. The topological polar surface area (TPSA) is 55.6 Å². The van der Waals surface area contributed by atoms with Gasteiger partial charge in [-0.3, -0.25) is 0 Å². The lowest BCUT2D eigenvalue weighted by Crippen LogP contribution is -2.24. The molecule has 0 unspecified atom stereocenters. The molecule has 1 aromatic carbocycles. The molecular weight excluding hydrogens is 329 g/mol. The van der Waals surface area contributed by atoms with E-state index in [1.807, 2.05) is 24.3 Å². The van der Waals surface area contributed by atoms with E-state index in [0.717, 1.165) is 11.5 Å². The highest BCUT2D eigenvalue weighted by Crippen LogP contribution is 2.11. The summed E-state index contributed by atoms with van der Waals surface area (Å²) >= 11 is 2.28. The van der Waals surface area contributed by atoms with Crippen molar-refractivity contribution in [2.24, 2.45) is 0 Å². The van der Waals surface area contributed by atoms with Gasteiger partial charge in [0.25, 0.3) is 0 Å². The maximum Gasteiger partial charge on any atom is 0.170 e. The normalized spacial score (nSPS) is 11.1. The van der Waals surface area contributed by atoms with Gasteiger partial charge in [0, 0.05) is 9.61 Å². The summed E-state index contributed by atoms with van der Waals surface area (Å²) in [5, 5.41) is 15.1. The molecule has 90 valence electrons. The fourth-order valence-electron chi connectivity index (χ4n) is 1.39. The molecule has 1 heterocycles. The molecular formula is C11H14IN5. The summed E-state index contributed by atoms with van der Waals surface area (Å²) in [6, 6.07) is 8.51. The van der Waals surface area contributed by atoms with E-state index in [0.29, 0.717) is 12.6 Å². The highest BCUT2D eigenvalue weighted by atomic mass is 127. The average Bonchev–Trinajstić information content (AvgIpc) is 2.75. The van der Waals surface area contributed by atoms with Gasteiger partial charge in [0.15, 0.2) is 5.82 Å². The van der Waals surface area contributed by atoms with Crippen molar-refractivity contribution < 1.29 is 0 Å². The van der Waals surface area contributed by atoms with Crippen LogP contribution in [0.3, 0.4) is 0 Å². The first-order valence-corrected chi connectivity index (χ1v) is 6.51. The molecule has 0 spiro atoms. The number of benzene rings is 1. The monoisotopic (exact) mass is 343 g/mol. The number of tetrazole rings is 1. The van der Waals surface area contributed by atoms with Crippen molar-refractivity contribution in [2.75, 3.05) is 0 Å². The number of nitrogens with one attached hydrogen (secondary N) is 1. The van der Waals surface area contributed by atoms with E-state index < -0.39 is 0 Å². The third-order valence-corrected chi connectivity index (χ3v) is 2.99. The number of aromatic nitrogens is 4. The molecule has 1 N–H and O–H groups in total. The Morgan fingerprint density at radius 1 is 1.29 bits per heavy atom. The van der Waals surface area contributed by atoms with E-state index in [2.05, 4.69) is 57.3 Å². The van der Waals surface area contributed by atoms with Crippen LogP contribution in [0.5, 0.6) is 0 Å². The minimum absolute atomic E-state index is 0.414. The summed E-state index contributed by atoms with van der Waals surface area (Å²) in [4.78, 5) is 0. The predicted octanol–water partition coefficient (Wildman–Crippen LogP) is 1.76. The summed E-state index contributed by atoms with van der Waals surface area (Å²) < 4.78 is 2.95. The van der Waals surface area contributed by atoms with Crippen molar-refractivity contribution in [3.8, 4) is 5.69 Å². The van der Waals surface area contributed by atoms with Crippen LogP contribution >= 0.6 is 22.6 Å². The van der Waals surface area contributed by atoms with Crippen LogP contribution in [-0.2, 0) is 6.54 Å². The van der Waals surface area contributed by atoms with Gasteiger partial charge in [0.1, 0.15) is 0 Å². The van der Waals surface area contributed by atoms with Crippen molar-refractivity contribution in [3.05, 3.63) is 33.7 Å². The minimum atomic E-state index is 0.414. The first kappa shape index (κ1) is 12.4. The Morgan fingerprint density at radius 3 is 2.65 bits per heavy atom. The van der Waals surface area contributed by atoms with Gasteiger partial charge < -0.3 is 5.32 Å². The average molecular weight is 343 g/mol. The standard InChI is InChI=1S/C11H14IN5/c1-8(2)13-7-11-14-15-16-17(11)10-5-3-9(12)4-6-10/h3-6,8,13H,7H2,1-2H3. The van der Waals surface area contributed by atoms with Gasteiger partial charge in [0.2, 0.25) is 0 Å². The van der Waals surface area contributed by atoms with E-state index in [1.54, 1.807) is 4.68 Å². The Kier molecular flexibility index (Phi) is 4.06. The molecule has 2 aromatic rings. The number of halogens is 1. The molecule has 17 heavy (non-hydrogen) atoms. The van der Waals surface area contributed by atoms with Crippen LogP contribution in [0, 0.1) is 3.57 Å². The molecule has 0 aliphatic carbocycles. The highest BCUT2D eigenvalue weighted by molar-refractivity contribution is 14.1. The Labute approximate surface area is 114 Å². The zero-order valence-corrected chi connectivity index (χ0v) is 11.9. The Bertz CT molecular complexity index is 477. The first-order valence-electron chi connectivity index (χ1n) is 5.43. The summed E-state index contributed by atoms with van der Waals surface area (Å²) in [5.41, 5.74) is 0.982. The summed E-state index contributed by atoms with van der Waals surface area (Å²) in [7, 11) is 0. The second-order valence-electron chi connectivity index (χ2n) is 4.02. The largest absolute Gasteiger partial charge is 0.308 e. The molecule has 1 aromatic heterocycles. The van der Waals surface area contributed by atoms with Gasteiger partial charge in [-0.2, -0.15) is 4.68 Å². The molecule has 0 aliphatic heterocycles. The fraction of sp³-hybridized carbons (Fsp3) is 0.364. The number of nitrogens with zero attached hydrogens (tertiary/aromatic N) is 4. The molecule has 0 bridgehead atoms. The van der Waals surface area contributed by atoms with E-state index in [1.165, 1.54) is 3.57 Å². The van der Waals surface area contributed by atoms with Gasteiger partial charge in [-0.25, -0.2) is 0 Å². The van der Waals surface area contributed by atoms with E-state index in [9.17, 15) is 0 Å². The maximum absolute atomic E-state index is 4.02. The zero-order valence-electron chi connectivity index (χ0n) is 9.76. The number of rotatable bonds is 4. The summed E-state index contributed by atoms with van der Waals surface area (Å²) in [5.74, 6) is 0.819. The highest BCUT2D eigenvalue weighted by Gasteiger charge is 2.08. The van der Waals surface area contributed by atoms with Crippen molar-refractivity contribution >= 4 is 22.6 Å². The lowest BCUT2D eigenvalue weighted by molar-refractivity contribution is 0.563. The quantitative estimate of drug-likeness (QED) is 0.860. The van der Waals surface area contributed by atoms with E-state index >= 15 is 0 Å². The second-order valence-corrected chi connectivity index (χ2v) is 5.26. The third kappa shape index (κ3) is 3.22. The number of hydrogen-bond acceptors (Lipinski definition) is 4. The zero-order chi connectivity index (χ0) is 12.3. The molecule has 0 amide bonds. The van der Waals surface area contributed by atoms with Gasteiger partial charge in [0.05, 0.1) is 12.2 Å². The third-order valence-electron chi connectivity index (χ3n) is 2.27. The lowest BCUT2D eigenvalue weighted by Gasteiger charge is -2.08. The maximum atomic E-state index is 4.02. The van der Waals surface area contributed by atoms with Crippen LogP contribution < -0.4 is 5.32 Å². The molecule has 0 saturated carbocycles. The molecule has 0 fully saturated rings. The second kappa shape index (κ2) is 5.54. The number of hydrogen-bond donors (Lipinski definition) is 1. The smallest absolute Gasteiger partial charge is 0.170 e.